The van der Waals surface area contributed by atoms with Crippen LogP contribution in [0.3, 0.4) is 0 Å². The van der Waals surface area contributed by atoms with Gasteiger partial charge in [0, 0.05) is 19.3 Å². The molecule has 0 rings (SSSR count). The van der Waals surface area contributed by atoms with E-state index in [1.807, 2.05) is 0 Å². The third-order valence-electron chi connectivity index (χ3n) is 15.8. The molecule has 0 spiro atoms. The minimum atomic E-state index is -0.772. The highest BCUT2D eigenvalue weighted by molar-refractivity contribution is 5.71. The van der Waals surface area contributed by atoms with E-state index in [-0.39, 0.29) is 31.1 Å². The number of unbranched alkanes of at least 4 members (excludes halogenated alkanes) is 44. The normalized spacial score (nSPS) is 12.4. The molecule has 0 radical (unpaired) electrons. The van der Waals surface area contributed by atoms with Gasteiger partial charge in [-0.15, -0.1) is 0 Å². The van der Waals surface area contributed by atoms with Gasteiger partial charge in [0.15, 0.2) is 6.10 Å². The molecule has 0 aromatic heterocycles. The number of esters is 3. The second kappa shape index (κ2) is 68.6. The molecule has 0 saturated carbocycles. The molecule has 6 heteroatoms. The number of hydrogen-bond acceptors (Lipinski definition) is 6. The van der Waals surface area contributed by atoms with Gasteiger partial charge in [0.2, 0.25) is 0 Å². The first-order valence-corrected chi connectivity index (χ1v) is 35.3. The maximum Gasteiger partial charge on any atom is 0.306 e. The molecular weight excluding hydrogens is 985 g/mol. The molecule has 6 nitrogen and oxygen atoms in total. The van der Waals surface area contributed by atoms with Crippen LogP contribution >= 0.6 is 0 Å². The third-order valence-corrected chi connectivity index (χ3v) is 15.8. The highest BCUT2D eigenvalue weighted by Crippen LogP contribution is 2.18. The quantitative estimate of drug-likeness (QED) is 0.0261. The van der Waals surface area contributed by atoms with Gasteiger partial charge in [-0.2, -0.15) is 0 Å². The SMILES string of the molecule is CC/C=C\C/C=C\C/C=C\C/C=C\C/C=C\CCCCCCCCCCCCCC(=O)OCC(COC(=O)CCCCCCCCCCCCC)OC(=O)CCCCCCCCCCCCCCCCCCCCCCCCCC. The molecule has 0 aromatic rings. The summed E-state index contributed by atoms with van der Waals surface area (Å²) in [5.41, 5.74) is 0. The van der Waals surface area contributed by atoms with Crippen molar-refractivity contribution >= 4 is 17.9 Å². The van der Waals surface area contributed by atoms with E-state index in [0.717, 1.165) is 89.9 Å². The molecule has 0 N–H and O–H groups in total. The van der Waals surface area contributed by atoms with E-state index in [4.69, 9.17) is 14.2 Å². The number of rotatable bonds is 65. The van der Waals surface area contributed by atoms with Crippen molar-refractivity contribution in [3.05, 3.63) is 60.8 Å². The highest BCUT2D eigenvalue weighted by atomic mass is 16.6. The lowest BCUT2D eigenvalue weighted by atomic mass is 10.0. The highest BCUT2D eigenvalue weighted by Gasteiger charge is 2.19. The number of carbonyl (C=O) groups is 3. The predicted molar refractivity (Wildman–Crippen MR) is 348 cm³/mol. The summed E-state index contributed by atoms with van der Waals surface area (Å²) in [5, 5.41) is 0. The van der Waals surface area contributed by atoms with Crippen LogP contribution in [0.1, 0.15) is 374 Å². The van der Waals surface area contributed by atoms with Gasteiger partial charge in [-0.25, -0.2) is 0 Å². The van der Waals surface area contributed by atoms with Gasteiger partial charge in [-0.3, -0.25) is 14.4 Å². The van der Waals surface area contributed by atoms with Crippen molar-refractivity contribution in [2.45, 2.75) is 380 Å². The van der Waals surface area contributed by atoms with Gasteiger partial charge in [-0.1, -0.05) is 351 Å². The lowest BCUT2D eigenvalue weighted by Gasteiger charge is -2.18. The fourth-order valence-corrected chi connectivity index (χ4v) is 10.5. The van der Waals surface area contributed by atoms with Gasteiger partial charge in [0.25, 0.3) is 0 Å². The zero-order valence-electron chi connectivity index (χ0n) is 53.6. The van der Waals surface area contributed by atoms with Gasteiger partial charge in [-0.05, 0) is 64.2 Å². The monoisotopic (exact) mass is 1120 g/mol. The first kappa shape index (κ1) is 77.1. The summed E-state index contributed by atoms with van der Waals surface area (Å²) in [6.45, 7) is 6.58. The van der Waals surface area contributed by atoms with Gasteiger partial charge < -0.3 is 14.2 Å². The molecule has 0 bridgehead atoms. The zero-order chi connectivity index (χ0) is 57.8. The Morgan fingerprint density at radius 3 is 0.762 bits per heavy atom. The molecule has 0 fully saturated rings. The maximum atomic E-state index is 12.9. The Morgan fingerprint density at radius 1 is 0.263 bits per heavy atom. The standard InChI is InChI=1S/C74H134O6/c1-4-7-10-13-16-19-22-24-26-28-30-32-34-36-37-38-40-41-43-45-47-49-52-55-58-61-64-67-73(76)79-70-71(69-78-72(75)66-63-60-57-54-51-21-18-15-12-9-6-3)80-74(77)68-65-62-59-56-53-50-48-46-44-42-39-35-33-31-29-27-25-23-20-17-14-11-8-5-2/h7,10,16,19,24,26,30,32,36-37,71H,4-6,8-9,11-15,17-18,20-23,25,27-29,31,33-35,38-70H2,1-3H3/b10-7-,19-16-,26-24-,32-30-,37-36-. The Hall–Kier alpha value is -2.89. The van der Waals surface area contributed by atoms with E-state index in [0.29, 0.717) is 19.3 Å². The minimum absolute atomic E-state index is 0.0690. The van der Waals surface area contributed by atoms with Crippen molar-refractivity contribution in [1.29, 1.82) is 0 Å². The van der Waals surface area contributed by atoms with E-state index in [1.165, 1.54) is 244 Å². The van der Waals surface area contributed by atoms with Crippen molar-refractivity contribution in [2.24, 2.45) is 0 Å². The Balaban J connectivity index is 4.20. The van der Waals surface area contributed by atoms with Crippen LogP contribution in [0.4, 0.5) is 0 Å². The van der Waals surface area contributed by atoms with E-state index < -0.39 is 6.10 Å². The van der Waals surface area contributed by atoms with E-state index in [9.17, 15) is 14.4 Å². The van der Waals surface area contributed by atoms with E-state index in [1.54, 1.807) is 0 Å². The summed E-state index contributed by atoms with van der Waals surface area (Å²) in [6, 6.07) is 0. The molecular formula is C74H134O6. The Kier molecular flexibility index (Phi) is 66.1. The van der Waals surface area contributed by atoms with Gasteiger partial charge >= 0.3 is 17.9 Å². The summed E-state index contributed by atoms with van der Waals surface area (Å²) in [4.78, 5) is 38.4. The fourth-order valence-electron chi connectivity index (χ4n) is 10.5. The summed E-state index contributed by atoms with van der Waals surface area (Å²) >= 11 is 0. The molecule has 466 valence electrons. The molecule has 80 heavy (non-hydrogen) atoms. The summed E-state index contributed by atoms with van der Waals surface area (Å²) < 4.78 is 17.0. The van der Waals surface area contributed by atoms with Gasteiger partial charge in [0.1, 0.15) is 13.2 Å². The van der Waals surface area contributed by atoms with Crippen LogP contribution in [-0.2, 0) is 28.6 Å². The number of ether oxygens (including phenoxy) is 3. The fraction of sp³-hybridized carbons (Fsp3) is 0.824. The summed E-state index contributed by atoms with van der Waals surface area (Å²) in [6.07, 6.45) is 88.2. The third kappa shape index (κ3) is 65.9. The van der Waals surface area contributed by atoms with Crippen LogP contribution in [-0.4, -0.2) is 37.2 Å². The molecule has 0 amide bonds. The van der Waals surface area contributed by atoms with Crippen molar-refractivity contribution in [3.8, 4) is 0 Å². The molecule has 1 unspecified atom stereocenters. The zero-order valence-corrected chi connectivity index (χ0v) is 53.6. The van der Waals surface area contributed by atoms with E-state index >= 15 is 0 Å². The minimum Gasteiger partial charge on any atom is -0.462 e. The first-order chi connectivity index (χ1) is 39.5. The van der Waals surface area contributed by atoms with Crippen LogP contribution in [0.15, 0.2) is 60.8 Å². The van der Waals surface area contributed by atoms with Crippen molar-refractivity contribution in [2.75, 3.05) is 13.2 Å². The Morgan fingerprint density at radius 2 is 0.487 bits per heavy atom. The van der Waals surface area contributed by atoms with Crippen LogP contribution < -0.4 is 0 Å². The van der Waals surface area contributed by atoms with Crippen LogP contribution in [0.2, 0.25) is 0 Å². The summed E-state index contributed by atoms with van der Waals surface area (Å²) in [7, 11) is 0. The van der Waals surface area contributed by atoms with Crippen LogP contribution in [0, 0.1) is 0 Å². The molecule has 1 atom stereocenters. The maximum absolute atomic E-state index is 12.9. The van der Waals surface area contributed by atoms with Gasteiger partial charge in [0.05, 0.1) is 0 Å². The van der Waals surface area contributed by atoms with Crippen LogP contribution in [0.25, 0.3) is 0 Å². The topological polar surface area (TPSA) is 78.9 Å². The van der Waals surface area contributed by atoms with Crippen molar-refractivity contribution < 1.29 is 28.6 Å². The number of hydrogen-bond donors (Lipinski definition) is 0. The molecule has 0 aliphatic rings. The van der Waals surface area contributed by atoms with Crippen molar-refractivity contribution in [3.63, 3.8) is 0 Å². The average molecular weight is 1120 g/mol. The Bertz CT molecular complexity index is 1430. The lowest BCUT2D eigenvalue weighted by molar-refractivity contribution is -0.167. The predicted octanol–water partition coefficient (Wildman–Crippen LogP) is 24.3. The molecule has 0 aliphatic heterocycles. The second-order valence-electron chi connectivity index (χ2n) is 23.8. The number of allylic oxidation sites excluding steroid dienone is 10. The second-order valence-corrected chi connectivity index (χ2v) is 23.8. The molecule has 0 saturated heterocycles. The molecule has 0 aromatic carbocycles. The van der Waals surface area contributed by atoms with E-state index in [2.05, 4.69) is 81.5 Å². The van der Waals surface area contributed by atoms with Crippen molar-refractivity contribution in [1.82, 2.24) is 0 Å². The Labute approximate surface area is 498 Å². The molecule has 0 aliphatic carbocycles. The smallest absolute Gasteiger partial charge is 0.306 e. The molecule has 0 heterocycles. The van der Waals surface area contributed by atoms with Crippen LogP contribution in [0.5, 0.6) is 0 Å². The lowest BCUT2D eigenvalue weighted by Crippen LogP contribution is -2.30. The summed E-state index contributed by atoms with van der Waals surface area (Å²) in [5.74, 6) is -0.848. The first-order valence-electron chi connectivity index (χ1n) is 35.3. The largest absolute Gasteiger partial charge is 0.462 e. The number of carbonyl (C=O) groups excluding carboxylic acids is 3. The average Bonchev–Trinajstić information content (AvgIpc) is 3.46.